The molecule has 0 radical (unpaired) electrons. The van der Waals surface area contributed by atoms with E-state index in [-0.39, 0.29) is 21.7 Å². The van der Waals surface area contributed by atoms with E-state index in [0.717, 1.165) is 12.1 Å². The first-order valence-corrected chi connectivity index (χ1v) is 17.0. The van der Waals surface area contributed by atoms with Gasteiger partial charge in [-0.15, -0.1) is 0 Å². The van der Waals surface area contributed by atoms with Crippen LogP contribution in [-0.2, 0) is 16.2 Å². The van der Waals surface area contributed by atoms with Crippen molar-refractivity contribution in [2.24, 2.45) is 11.3 Å². The van der Waals surface area contributed by atoms with Crippen LogP contribution in [0.25, 0.3) is 28.5 Å². The van der Waals surface area contributed by atoms with Gasteiger partial charge in [-0.05, 0) is 85.5 Å². The molecule has 0 bridgehead atoms. The summed E-state index contributed by atoms with van der Waals surface area (Å²) in [5, 5.41) is 0. The summed E-state index contributed by atoms with van der Waals surface area (Å²) in [6.45, 7) is 12.1. The number of rotatable bonds is 2. The zero-order valence-corrected chi connectivity index (χ0v) is 27.4. The maximum atomic E-state index is 5.58. The van der Waals surface area contributed by atoms with Gasteiger partial charge in [0.2, 0.25) is 0 Å². The van der Waals surface area contributed by atoms with Crippen molar-refractivity contribution in [1.29, 1.82) is 0 Å². The molecule has 4 aromatic rings. The Bertz CT molecular complexity index is 2210. The van der Waals surface area contributed by atoms with Crippen LogP contribution >= 0.6 is 0 Å². The molecule has 1 spiro atoms. The molecule has 1 nitrogen and oxygen atoms in total. The van der Waals surface area contributed by atoms with Gasteiger partial charge < -0.3 is 0 Å². The Morgan fingerprint density at radius 2 is 1.50 bits per heavy atom. The van der Waals surface area contributed by atoms with E-state index in [1.54, 1.807) is 0 Å². The van der Waals surface area contributed by atoms with Gasteiger partial charge in [-0.2, -0.15) is 0 Å². The van der Waals surface area contributed by atoms with Crippen molar-refractivity contribution >= 4 is 6.08 Å². The summed E-state index contributed by atoms with van der Waals surface area (Å²) < 4.78 is 0. The fourth-order valence-electron chi connectivity index (χ4n) is 10.3. The number of fused-ring (bicyclic) bond motifs is 7. The van der Waals surface area contributed by atoms with Gasteiger partial charge in [0.25, 0.3) is 0 Å². The molecule has 6 aliphatic carbocycles. The molecule has 10 rings (SSSR count). The Hall–Kier alpha value is -4.49. The van der Waals surface area contributed by atoms with Crippen molar-refractivity contribution < 1.29 is 0 Å². The average molecular weight is 594 g/mol. The molecule has 0 amide bonds. The van der Waals surface area contributed by atoms with Crippen LogP contribution in [0.4, 0.5) is 0 Å². The minimum atomic E-state index is -0.0803. The third kappa shape index (κ3) is 3.10. The van der Waals surface area contributed by atoms with Crippen molar-refractivity contribution in [1.82, 2.24) is 4.98 Å². The van der Waals surface area contributed by atoms with E-state index >= 15 is 0 Å². The van der Waals surface area contributed by atoms with Crippen LogP contribution in [0, 0.1) is 11.3 Å². The predicted octanol–water partition coefficient (Wildman–Crippen LogP) is 10.8. The normalized spacial score (nSPS) is 29.2. The standard InChI is InChI=1S/C45H39N/c1-42(2)36-12-8-6-10-31(36)33-20-15-28(24-38(33)42)35-22-19-30-18-14-27-17-23-40(46-41(27)45(30)26-44(35,45)5)29-16-21-34-32-11-7-9-13-37(32)43(3,4)39(34)25-29/h6-25,33,38H,26H2,1-5H3/t33?,38?,44?,45-/m1/s1. The van der Waals surface area contributed by atoms with Gasteiger partial charge in [0.15, 0.2) is 0 Å². The zero-order valence-electron chi connectivity index (χ0n) is 27.4. The third-order valence-corrected chi connectivity index (χ3v) is 13.0. The highest BCUT2D eigenvalue weighted by molar-refractivity contribution is 5.84. The van der Waals surface area contributed by atoms with Gasteiger partial charge >= 0.3 is 0 Å². The molecule has 1 heteroatoms. The summed E-state index contributed by atoms with van der Waals surface area (Å²) >= 11 is 0. The van der Waals surface area contributed by atoms with Gasteiger partial charge in [-0.1, -0.05) is 144 Å². The number of hydrogen-bond acceptors (Lipinski definition) is 1. The average Bonchev–Trinajstić information content (AvgIpc) is 3.58. The molecule has 1 heterocycles. The van der Waals surface area contributed by atoms with Crippen LogP contribution in [0.3, 0.4) is 0 Å². The molecule has 46 heavy (non-hydrogen) atoms. The fourth-order valence-corrected chi connectivity index (χ4v) is 10.3. The van der Waals surface area contributed by atoms with Crippen LogP contribution in [0.5, 0.6) is 0 Å². The fraction of sp³-hybridized carbons (Fsp3) is 0.267. The van der Waals surface area contributed by atoms with E-state index in [2.05, 4.69) is 156 Å². The van der Waals surface area contributed by atoms with Crippen molar-refractivity contribution in [3.8, 4) is 22.4 Å². The first kappa shape index (κ1) is 26.7. The summed E-state index contributed by atoms with van der Waals surface area (Å²) in [4.78, 5) is 5.58. The van der Waals surface area contributed by atoms with Gasteiger partial charge in [0, 0.05) is 27.7 Å². The zero-order chi connectivity index (χ0) is 31.2. The molecule has 0 aliphatic heterocycles. The largest absolute Gasteiger partial charge is 0.251 e. The van der Waals surface area contributed by atoms with E-state index in [9.17, 15) is 0 Å². The van der Waals surface area contributed by atoms with Gasteiger partial charge in [0.1, 0.15) is 0 Å². The van der Waals surface area contributed by atoms with Gasteiger partial charge in [-0.25, -0.2) is 0 Å². The van der Waals surface area contributed by atoms with Crippen molar-refractivity contribution in [3.63, 3.8) is 0 Å². The quantitative estimate of drug-likeness (QED) is 0.225. The molecule has 224 valence electrons. The predicted molar refractivity (Wildman–Crippen MR) is 190 cm³/mol. The second-order valence-corrected chi connectivity index (χ2v) is 15.9. The van der Waals surface area contributed by atoms with E-state index < -0.39 is 0 Å². The number of allylic oxidation sites excluding steroid dienone is 9. The van der Waals surface area contributed by atoms with E-state index in [1.165, 1.54) is 66.9 Å². The summed E-state index contributed by atoms with van der Waals surface area (Å²) in [6.07, 6.45) is 18.1. The monoisotopic (exact) mass is 593 g/mol. The Labute approximate surface area is 272 Å². The number of benzene rings is 3. The molecule has 0 saturated heterocycles. The highest BCUT2D eigenvalue weighted by Crippen LogP contribution is 2.75. The Morgan fingerprint density at radius 1 is 0.717 bits per heavy atom. The molecule has 1 saturated carbocycles. The Kier molecular flexibility index (Phi) is 4.90. The van der Waals surface area contributed by atoms with Crippen molar-refractivity contribution in [3.05, 3.63) is 166 Å². The second-order valence-electron chi connectivity index (χ2n) is 15.9. The van der Waals surface area contributed by atoms with Crippen molar-refractivity contribution in [2.45, 2.75) is 63.2 Å². The SMILES string of the molecule is CC1(C)c2ccccc2-c2ccc(-c3ccc4c(n3)[C@]35CC3(C)C(C3=CC6C(C=C3)c3ccccc3C6(C)C)=CC=C5C=C4)cc21. The molecule has 1 fully saturated rings. The van der Waals surface area contributed by atoms with Gasteiger partial charge in [0.05, 0.1) is 11.4 Å². The van der Waals surface area contributed by atoms with Crippen LogP contribution in [0.2, 0.25) is 0 Å². The maximum Gasteiger partial charge on any atom is 0.0706 e. The first-order chi connectivity index (χ1) is 22.1. The van der Waals surface area contributed by atoms with Crippen LogP contribution in [0.1, 0.15) is 80.5 Å². The summed E-state index contributed by atoms with van der Waals surface area (Å²) in [6, 6.07) is 29.5. The highest BCUT2D eigenvalue weighted by Gasteiger charge is 2.71. The Morgan fingerprint density at radius 3 is 2.37 bits per heavy atom. The van der Waals surface area contributed by atoms with Gasteiger partial charge in [-0.3, -0.25) is 4.98 Å². The van der Waals surface area contributed by atoms with E-state index in [0.29, 0.717) is 11.8 Å². The number of pyridine rings is 1. The molecular weight excluding hydrogens is 555 g/mol. The first-order valence-electron chi connectivity index (χ1n) is 17.0. The maximum absolute atomic E-state index is 5.58. The lowest BCUT2D eigenvalue weighted by atomic mass is 9.68. The summed E-state index contributed by atoms with van der Waals surface area (Å²) in [5.41, 5.74) is 17.6. The Balaban J connectivity index is 1.04. The molecule has 6 aliphatic rings. The smallest absolute Gasteiger partial charge is 0.0706 e. The minimum Gasteiger partial charge on any atom is -0.251 e. The second kappa shape index (κ2) is 8.45. The molecule has 3 aromatic carbocycles. The number of hydrogen-bond donors (Lipinski definition) is 0. The molecule has 0 N–H and O–H groups in total. The lowest BCUT2D eigenvalue weighted by Crippen LogP contribution is -2.29. The summed E-state index contributed by atoms with van der Waals surface area (Å²) in [5.74, 6) is 0.923. The number of aromatic nitrogens is 1. The van der Waals surface area contributed by atoms with Crippen LogP contribution in [-0.4, -0.2) is 4.98 Å². The molecule has 1 aromatic heterocycles. The topological polar surface area (TPSA) is 12.9 Å². The third-order valence-electron chi connectivity index (χ3n) is 13.0. The number of nitrogens with zero attached hydrogens (tertiary/aromatic N) is 1. The lowest BCUT2D eigenvalue weighted by Gasteiger charge is -2.36. The van der Waals surface area contributed by atoms with Crippen LogP contribution < -0.4 is 0 Å². The van der Waals surface area contributed by atoms with E-state index in [4.69, 9.17) is 4.98 Å². The summed E-state index contributed by atoms with van der Waals surface area (Å²) in [7, 11) is 0. The molecule has 3 unspecified atom stereocenters. The van der Waals surface area contributed by atoms with Crippen LogP contribution in [0.15, 0.2) is 132 Å². The minimum absolute atomic E-state index is 0.0163. The van der Waals surface area contributed by atoms with Crippen molar-refractivity contribution in [2.75, 3.05) is 0 Å². The molecule has 4 atom stereocenters. The van der Waals surface area contributed by atoms with E-state index in [1.807, 2.05) is 0 Å². The molecular formula is C45H39N. The highest BCUT2D eigenvalue weighted by atomic mass is 14.8. The lowest BCUT2D eigenvalue weighted by molar-refractivity contribution is 0.392.